The fourth-order valence-electron chi connectivity index (χ4n) is 4.31. The van der Waals surface area contributed by atoms with Crippen molar-refractivity contribution >= 4 is 5.91 Å². The van der Waals surface area contributed by atoms with E-state index in [0.717, 1.165) is 6.42 Å². The van der Waals surface area contributed by atoms with E-state index in [1.165, 1.54) is 22.3 Å². The zero-order valence-electron chi connectivity index (χ0n) is 18.2. The van der Waals surface area contributed by atoms with Gasteiger partial charge < -0.3 is 5.32 Å². The Hall–Kier alpha value is -3.65. The van der Waals surface area contributed by atoms with Gasteiger partial charge in [-0.2, -0.15) is 0 Å². The molecule has 0 radical (unpaired) electrons. The summed E-state index contributed by atoms with van der Waals surface area (Å²) < 4.78 is 0. The van der Waals surface area contributed by atoms with E-state index in [2.05, 4.69) is 78.1 Å². The SMILES string of the molecule is O=C(CC(c1ccccc1)c1ccccc1)NCCC(c1ccccc1)c1ccccc1. The second-order valence-corrected chi connectivity index (χ2v) is 8.09. The van der Waals surface area contributed by atoms with Gasteiger partial charge in [-0.05, 0) is 28.7 Å². The minimum atomic E-state index is 0.0523. The van der Waals surface area contributed by atoms with Crippen LogP contribution in [0.1, 0.15) is 46.9 Å². The number of carbonyl (C=O) groups excluding carboxylic acids is 1. The van der Waals surface area contributed by atoms with Gasteiger partial charge in [-0.15, -0.1) is 0 Å². The molecule has 0 fully saturated rings. The Kier molecular flexibility index (Phi) is 7.49. The van der Waals surface area contributed by atoms with Crippen molar-refractivity contribution in [3.05, 3.63) is 144 Å². The van der Waals surface area contributed by atoms with Crippen molar-refractivity contribution in [3.8, 4) is 0 Å². The van der Waals surface area contributed by atoms with Crippen LogP contribution >= 0.6 is 0 Å². The fraction of sp³-hybridized carbons (Fsp3) is 0.167. The molecular weight excluding hydrogens is 390 g/mol. The molecule has 4 rings (SSSR count). The Morgan fingerprint density at radius 1 is 0.531 bits per heavy atom. The molecule has 0 atom stereocenters. The van der Waals surface area contributed by atoms with E-state index >= 15 is 0 Å². The number of carbonyl (C=O) groups is 1. The monoisotopic (exact) mass is 419 g/mol. The van der Waals surface area contributed by atoms with E-state index in [1.54, 1.807) is 0 Å². The molecule has 4 aromatic rings. The summed E-state index contributed by atoms with van der Waals surface area (Å²) in [7, 11) is 0. The predicted octanol–water partition coefficient (Wildman–Crippen LogP) is 6.55. The van der Waals surface area contributed by atoms with Crippen LogP contribution in [0.2, 0.25) is 0 Å². The Morgan fingerprint density at radius 3 is 1.25 bits per heavy atom. The first-order valence-corrected chi connectivity index (χ1v) is 11.3. The minimum Gasteiger partial charge on any atom is -0.356 e. The molecule has 0 aromatic heterocycles. The Bertz CT molecular complexity index is 1000. The van der Waals surface area contributed by atoms with Crippen LogP contribution in [0.15, 0.2) is 121 Å². The first kappa shape index (κ1) is 21.6. The first-order chi connectivity index (χ1) is 15.8. The van der Waals surface area contributed by atoms with E-state index < -0.39 is 0 Å². The second kappa shape index (κ2) is 11.1. The van der Waals surface area contributed by atoms with Crippen LogP contribution in [-0.2, 0) is 4.79 Å². The quantitative estimate of drug-likeness (QED) is 0.328. The summed E-state index contributed by atoms with van der Waals surface area (Å²) in [6.45, 7) is 0.642. The van der Waals surface area contributed by atoms with Gasteiger partial charge in [-0.1, -0.05) is 121 Å². The molecule has 0 heterocycles. The maximum atomic E-state index is 12.9. The zero-order chi connectivity index (χ0) is 22.0. The van der Waals surface area contributed by atoms with E-state index in [9.17, 15) is 4.79 Å². The van der Waals surface area contributed by atoms with Gasteiger partial charge >= 0.3 is 0 Å². The highest BCUT2D eigenvalue weighted by molar-refractivity contribution is 5.77. The third kappa shape index (κ3) is 5.73. The average Bonchev–Trinajstić information content (AvgIpc) is 2.87. The average molecular weight is 420 g/mol. The Labute approximate surface area is 191 Å². The molecule has 0 aliphatic carbocycles. The zero-order valence-corrected chi connectivity index (χ0v) is 18.2. The smallest absolute Gasteiger partial charge is 0.220 e. The topological polar surface area (TPSA) is 29.1 Å². The highest BCUT2D eigenvalue weighted by atomic mass is 16.1. The molecule has 0 spiro atoms. The normalized spacial score (nSPS) is 10.9. The lowest BCUT2D eigenvalue weighted by molar-refractivity contribution is -0.121. The van der Waals surface area contributed by atoms with Crippen molar-refractivity contribution in [2.45, 2.75) is 24.7 Å². The number of hydrogen-bond acceptors (Lipinski definition) is 1. The molecule has 0 bridgehead atoms. The second-order valence-electron chi connectivity index (χ2n) is 8.09. The van der Waals surface area contributed by atoms with Gasteiger partial charge in [0, 0.05) is 24.8 Å². The molecule has 0 aliphatic rings. The molecule has 1 N–H and O–H groups in total. The van der Waals surface area contributed by atoms with Crippen LogP contribution in [-0.4, -0.2) is 12.5 Å². The van der Waals surface area contributed by atoms with Gasteiger partial charge in [0.05, 0.1) is 0 Å². The molecule has 0 saturated carbocycles. The Morgan fingerprint density at radius 2 is 0.875 bits per heavy atom. The number of rotatable bonds is 9. The lowest BCUT2D eigenvalue weighted by Gasteiger charge is -2.20. The third-order valence-electron chi connectivity index (χ3n) is 5.95. The predicted molar refractivity (Wildman–Crippen MR) is 132 cm³/mol. The minimum absolute atomic E-state index is 0.0523. The summed E-state index contributed by atoms with van der Waals surface area (Å²) in [4.78, 5) is 12.9. The number of amides is 1. The van der Waals surface area contributed by atoms with Crippen molar-refractivity contribution in [2.24, 2.45) is 0 Å². The summed E-state index contributed by atoms with van der Waals surface area (Å²) in [5.41, 5.74) is 4.89. The van der Waals surface area contributed by atoms with Gasteiger partial charge in [-0.25, -0.2) is 0 Å². The largest absolute Gasteiger partial charge is 0.356 e. The van der Waals surface area contributed by atoms with E-state index in [4.69, 9.17) is 0 Å². The van der Waals surface area contributed by atoms with Crippen LogP contribution in [0.5, 0.6) is 0 Å². The van der Waals surface area contributed by atoms with Crippen LogP contribution < -0.4 is 5.32 Å². The maximum Gasteiger partial charge on any atom is 0.220 e. The standard InChI is InChI=1S/C30H29NO/c32-30(23-29(26-17-9-3-10-18-26)27-19-11-4-12-20-27)31-22-21-28(24-13-5-1-6-14-24)25-15-7-2-8-16-25/h1-20,28-29H,21-23H2,(H,31,32). The lowest BCUT2D eigenvalue weighted by Crippen LogP contribution is -2.27. The van der Waals surface area contributed by atoms with E-state index in [0.29, 0.717) is 13.0 Å². The molecule has 2 heteroatoms. The van der Waals surface area contributed by atoms with Crippen LogP contribution in [0.3, 0.4) is 0 Å². The van der Waals surface area contributed by atoms with Crippen LogP contribution in [0.25, 0.3) is 0 Å². The summed E-state index contributed by atoms with van der Waals surface area (Å²) in [5, 5.41) is 3.18. The van der Waals surface area contributed by atoms with Crippen molar-refractivity contribution in [1.82, 2.24) is 5.32 Å². The molecular formula is C30H29NO. The summed E-state index contributed by atoms with van der Waals surface area (Å²) in [6, 6.07) is 41.6. The fourth-order valence-corrected chi connectivity index (χ4v) is 4.31. The molecule has 0 aliphatic heterocycles. The maximum absolute atomic E-state index is 12.9. The van der Waals surface area contributed by atoms with Crippen molar-refractivity contribution in [2.75, 3.05) is 6.54 Å². The van der Waals surface area contributed by atoms with E-state index in [-0.39, 0.29) is 17.7 Å². The molecule has 0 unspecified atom stereocenters. The highest BCUT2D eigenvalue weighted by Gasteiger charge is 2.19. The van der Waals surface area contributed by atoms with Gasteiger partial charge in [0.1, 0.15) is 0 Å². The summed E-state index contributed by atoms with van der Waals surface area (Å²) >= 11 is 0. The summed E-state index contributed by atoms with van der Waals surface area (Å²) in [5.74, 6) is 0.399. The molecule has 4 aromatic carbocycles. The van der Waals surface area contributed by atoms with Crippen molar-refractivity contribution in [3.63, 3.8) is 0 Å². The number of benzene rings is 4. The number of nitrogens with one attached hydrogen (secondary N) is 1. The van der Waals surface area contributed by atoms with Crippen LogP contribution in [0.4, 0.5) is 0 Å². The molecule has 2 nitrogen and oxygen atoms in total. The molecule has 1 amide bonds. The third-order valence-corrected chi connectivity index (χ3v) is 5.95. The van der Waals surface area contributed by atoms with Gasteiger partial charge in [-0.3, -0.25) is 4.79 Å². The van der Waals surface area contributed by atoms with E-state index in [1.807, 2.05) is 48.5 Å². The van der Waals surface area contributed by atoms with Crippen molar-refractivity contribution in [1.29, 1.82) is 0 Å². The first-order valence-electron chi connectivity index (χ1n) is 11.3. The molecule has 32 heavy (non-hydrogen) atoms. The van der Waals surface area contributed by atoms with Crippen molar-refractivity contribution < 1.29 is 4.79 Å². The highest BCUT2D eigenvalue weighted by Crippen LogP contribution is 2.29. The molecule has 160 valence electrons. The number of hydrogen-bond donors (Lipinski definition) is 1. The van der Waals surface area contributed by atoms with Gasteiger partial charge in [0.2, 0.25) is 5.91 Å². The van der Waals surface area contributed by atoms with Crippen LogP contribution in [0, 0.1) is 0 Å². The molecule has 0 saturated heterocycles. The Balaban J connectivity index is 1.43. The van der Waals surface area contributed by atoms with Gasteiger partial charge in [0.25, 0.3) is 0 Å². The lowest BCUT2D eigenvalue weighted by atomic mass is 9.87. The van der Waals surface area contributed by atoms with Gasteiger partial charge in [0.15, 0.2) is 0 Å². The summed E-state index contributed by atoms with van der Waals surface area (Å²) in [6.07, 6.45) is 1.30.